The molecule has 1 aromatic rings. The summed E-state index contributed by atoms with van der Waals surface area (Å²) in [4.78, 5) is 0. The van der Waals surface area contributed by atoms with Crippen LogP contribution >= 0.6 is 0 Å². The first kappa shape index (κ1) is 8.89. The quantitative estimate of drug-likeness (QED) is 0.638. The summed E-state index contributed by atoms with van der Waals surface area (Å²) in [6.45, 7) is 0. The number of nitrogens with one attached hydrogen (secondary N) is 1. The Morgan fingerprint density at radius 3 is 3.07 bits per heavy atom. The molecule has 0 spiro atoms. The average Bonchev–Trinajstić information content (AvgIpc) is 2.26. The molecule has 0 saturated heterocycles. The molecule has 1 fully saturated rings. The van der Waals surface area contributed by atoms with Crippen molar-refractivity contribution in [1.29, 1.82) is 0 Å². The normalized spacial score (nSPS) is 28.3. The first-order valence-electron chi connectivity index (χ1n) is 5.66. The van der Waals surface area contributed by atoms with Gasteiger partial charge < -0.3 is 15.8 Å². The summed E-state index contributed by atoms with van der Waals surface area (Å²) in [5, 5.41) is 3.55. The molecular formula is C12H16N2O. The van der Waals surface area contributed by atoms with Crippen molar-refractivity contribution in [1.82, 2.24) is 0 Å². The summed E-state index contributed by atoms with van der Waals surface area (Å²) >= 11 is 0. The largest absolute Gasteiger partial charge is 0.486 e. The van der Waals surface area contributed by atoms with E-state index >= 15 is 0 Å². The van der Waals surface area contributed by atoms with E-state index in [4.69, 9.17) is 10.5 Å². The molecule has 1 aromatic carbocycles. The third-order valence-corrected chi connectivity index (χ3v) is 3.33. The molecule has 0 radical (unpaired) electrons. The summed E-state index contributed by atoms with van der Waals surface area (Å²) in [6.07, 6.45) is 5.30. The predicted molar refractivity (Wildman–Crippen MR) is 61.1 cm³/mol. The van der Waals surface area contributed by atoms with Crippen LogP contribution in [0.4, 0.5) is 11.4 Å². The van der Waals surface area contributed by atoms with Crippen LogP contribution in [0, 0.1) is 0 Å². The van der Waals surface area contributed by atoms with Crippen molar-refractivity contribution in [2.45, 2.75) is 37.8 Å². The van der Waals surface area contributed by atoms with Crippen molar-refractivity contribution >= 4 is 11.4 Å². The second kappa shape index (κ2) is 3.33. The second-order valence-corrected chi connectivity index (χ2v) is 4.45. The SMILES string of the molecule is Nc1ccc2c(c1)OC1CCCCC1N2. The minimum Gasteiger partial charge on any atom is -0.486 e. The van der Waals surface area contributed by atoms with E-state index in [1.54, 1.807) is 0 Å². The number of ether oxygens (including phenoxy) is 1. The van der Waals surface area contributed by atoms with E-state index in [-0.39, 0.29) is 0 Å². The highest BCUT2D eigenvalue weighted by atomic mass is 16.5. The Labute approximate surface area is 89.6 Å². The van der Waals surface area contributed by atoms with E-state index in [9.17, 15) is 0 Å². The topological polar surface area (TPSA) is 47.3 Å². The molecule has 1 aliphatic carbocycles. The summed E-state index contributed by atoms with van der Waals surface area (Å²) in [6, 6.07) is 6.33. The van der Waals surface area contributed by atoms with E-state index in [1.807, 2.05) is 18.2 Å². The van der Waals surface area contributed by atoms with Gasteiger partial charge in [0.05, 0.1) is 11.7 Å². The number of nitrogens with two attached hydrogens (primary N) is 1. The molecule has 1 aliphatic heterocycles. The van der Waals surface area contributed by atoms with Crippen LogP contribution in [0.1, 0.15) is 25.7 Å². The molecule has 2 aliphatic rings. The van der Waals surface area contributed by atoms with E-state index in [0.29, 0.717) is 12.1 Å². The van der Waals surface area contributed by atoms with E-state index < -0.39 is 0 Å². The lowest BCUT2D eigenvalue weighted by molar-refractivity contribution is 0.131. The highest BCUT2D eigenvalue weighted by molar-refractivity contribution is 5.64. The molecule has 1 heterocycles. The molecule has 2 atom stereocenters. The Morgan fingerprint density at radius 2 is 2.13 bits per heavy atom. The van der Waals surface area contributed by atoms with Gasteiger partial charge in [-0.25, -0.2) is 0 Å². The predicted octanol–water partition coefficient (Wildman–Crippen LogP) is 2.38. The number of nitrogen functional groups attached to an aromatic ring is 1. The van der Waals surface area contributed by atoms with Gasteiger partial charge in [0.2, 0.25) is 0 Å². The zero-order valence-corrected chi connectivity index (χ0v) is 8.70. The van der Waals surface area contributed by atoms with Crippen molar-refractivity contribution in [3.8, 4) is 5.75 Å². The van der Waals surface area contributed by atoms with Gasteiger partial charge in [-0.05, 0) is 31.4 Å². The molecule has 1 saturated carbocycles. The fourth-order valence-electron chi connectivity index (χ4n) is 2.52. The summed E-state index contributed by atoms with van der Waals surface area (Å²) < 4.78 is 5.97. The molecule has 0 bridgehead atoms. The second-order valence-electron chi connectivity index (χ2n) is 4.45. The Kier molecular flexibility index (Phi) is 1.97. The Balaban J connectivity index is 1.92. The molecule has 3 N–H and O–H groups in total. The van der Waals surface area contributed by atoms with E-state index in [1.165, 1.54) is 19.3 Å². The number of hydrogen-bond donors (Lipinski definition) is 2. The molecule has 0 amide bonds. The maximum absolute atomic E-state index is 5.97. The van der Waals surface area contributed by atoms with Crippen LogP contribution in [0.3, 0.4) is 0 Å². The summed E-state index contributed by atoms with van der Waals surface area (Å²) in [7, 11) is 0. The summed E-state index contributed by atoms with van der Waals surface area (Å²) in [5.41, 5.74) is 7.60. The van der Waals surface area contributed by atoms with Gasteiger partial charge in [-0.3, -0.25) is 0 Å². The van der Waals surface area contributed by atoms with Gasteiger partial charge in [0, 0.05) is 11.8 Å². The minimum atomic E-state index is 0.341. The number of fused-ring (bicyclic) bond motifs is 2. The Morgan fingerprint density at radius 1 is 1.27 bits per heavy atom. The molecule has 15 heavy (non-hydrogen) atoms. The van der Waals surface area contributed by atoms with Crippen molar-refractivity contribution in [2.24, 2.45) is 0 Å². The molecule has 2 unspecified atom stereocenters. The fraction of sp³-hybridized carbons (Fsp3) is 0.500. The van der Waals surface area contributed by atoms with Gasteiger partial charge in [0.15, 0.2) is 0 Å². The fourth-order valence-corrected chi connectivity index (χ4v) is 2.52. The molecule has 3 heteroatoms. The number of benzene rings is 1. The maximum Gasteiger partial charge on any atom is 0.144 e. The third-order valence-electron chi connectivity index (χ3n) is 3.33. The zero-order valence-electron chi connectivity index (χ0n) is 8.70. The molecule has 3 rings (SSSR count). The molecule has 3 nitrogen and oxygen atoms in total. The van der Waals surface area contributed by atoms with Crippen LogP contribution < -0.4 is 15.8 Å². The van der Waals surface area contributed by atoms with Gasteiger partial charge in [-0.1, -0.05) is 6.42 Å². The van der Waals surface area contributed by atoms with Gasteiger partial charge in [-0.2, -0.15) is 0 Å². The first-order valence-corrected chi connectivity index (χ1v) is 5.66. The number of anilines is 2. The van der Waals surface area contributed by atoms with Crippen LogP contribution in [-0.2, 0) is 0 Å². The highest BCUT2D eigenvalue weighted by Gasteiger charge is 2.31. The smallest absolute Gasteiger partial charge is 0.144 e. The molecule has 80 valence electrons. The zero-order chi connectivity index (χ0) is 10.3. The van der Waals surface area contributed by atoms with Gasteiger partial charge in [0.25, 0.3) is 0 Å². The Hall–Kier alpha value is -1.38. The van der Waals surface area contributed by atoms with Gasteiger partial charge in [0.1, 0.15) is 11.9 Å². The third kappa shape index (κ3) is 1.52. The minimum absolute atomic E-state index is 0.341. The van der Waals surface area contributed by atoms with Crippen LogP contribution in [0.2, 0.25) is 0 Å². The lowest BCUT2D eigenvalue weighted by Crippen LogP contribution is -2.43. The average molecular weight is 204 g/mol. The lowest BCUT2D eigenvalue weighted by Gasteiger charge is -2.38. The van der Waals surface area contributed by atoms with Crippen LogP contribution in [-0.4, -0.2) is 12.1 Å². The van der Waals surface area contributed by atoms with E-state index in [2.05, 4.69) is 5.32 Å². The standard InChI is InChI=1S/C12H16N2O/c13-8-5-6-10-12(7-8)15-11-4-2-1-3-9(11)14-10/h5-7,9,11,14H,1-4,13H2. The molecule has 0 aromatic heterocycles. The van der Waals surface area contributed by atoms with Crippen LogP contribution in [0.15, 0.2) is 18.2 Å². The van der Waals surface area contributed by atoms with Crippen molar-refractivity contribution < 1.29 is 4.74 Å². The number of rotatable bonds is 0. The van der Waals surface area contributed by atoms with Crippen LogP contribution in [0.5, 0.6) is 5.75 Å². The summed E-state index contributed by atoms with van der Waals surface area (Å²) in [5.74, 6) is 0.915. The van der Waals surface area contributed by atoms with Crippen LogP contribution in [0.25, 0.3) is 0 Å². The molecular weight excluding hydrogens is 188 g/mol. The van der Waals surface area contributed by atoms with Gasteiger partial charge in [-0.15, -0.1) is 0 Å². The van der Waals surface area contributed by atoms with Crippen molar-refractivity contribution in [3.63, 3.8) is 0 Å². The van der Waals surface area contributed by atoms with Crippen molar-refractivity contribution in [3.05, 3.63) is 18.2 Å². The van der Waals surface area contributed by atoms with Gasteiger partial charge >= 0.3 is 0 Å². The number of hydrogen-bond acceptors (Lipinski definition) is 3. The first-order chi connectivity index (χ1) is 7.33. The monoisotopic (exact) mass is 204 g/mol. The van der Waals surface area contributed by atoms with E-state index in [0.717, 1.165) is 23.5 Å². The maximum atomic E-state index is 5.97. The highest BCUT2D eigenvalue weighted by Crippen LogP contribution is 2.37. The lowest BCUT2D eigenvalue weighted by atomic mass is 9.91. The Bertz CT molecular complexity index is 378. The van der Waals surface area contributed by atoms with Crippen molar-refractivity contribution in [2.75, 3.05) is 11.1 Å².